The minimum absolute atomic E-state index is 0.0922. The zero-order valence-electron chi connectivity index (χ0n) is 9.64. The number of benzene rings is 1. The summed E-state index contributed by atoms with van der Waals surface area (Å²) in [4.78, 5) is 1.79. The van der Waals surface area contributed by atoms with Gasteiger partial charge in [0, 0.05) is 15.7 Å². The summed E-state index contributed by atoms with van der Waals surface area (Å²) in [6.07, 6.45) is 0. The number of nitrogens with one attached hydrogen (secondary N) is 1. The van der Waals surface area contributed by atoms with Gasteiger partial charge in [-0.2, -0.15) is 0 Å². The van der Waals surface area contributed by atoms with Crippen LogP contribution in [0, 0.1) is 0 Å². The topological polar surface area (TPSA) is 49.4 Å². The highest BCUT2D eigenvalue weighted by molar-refractivity contribution is 7.91. The van der Waals surface area contributed by atoms with E-state index in [-0.39, 0.29) is 23.6 Å². The largest absolute Gasteiger partial charge is 0.356 e. The lowest BCUT2D eigenvalue weighted by molar-refractivity contribution is 0.600. The standard InChI is InChI=1S/C11H10Cl2N2O2S2/c12-6-1-7(13)3-8(2-6)15-10-5-19(16,17)4-9(10)14-11(15)18/h1-3,9-10H,4-5H2,(H,14,18). The molecule has 2 aliphatic rings. The van der Waals surface area contributed by atoms with Crippen LogP contribution in [-0.2, 0) is 9.84 Å². The minimum Gasteiger partial charge on any atom is -0.356 e. The van der Waals surface area contributed by atoms with Crippen LogP contribution in [0.15, 0.2) is 18.2 Å². The van der Waals surface area contributed by atoms with Gasteiger partial charge in [0.25, 0.3) is 0 Å². The Morgan fingerprint density at radius 3 is 2.47 bits per heavy atom. The van der Waals surface area contributed by atoms with Crippen LogP contribution in [0.2, 0.25) is 10.0 Å². The molecule has 3 rings (SSSR count). The average Bonchev–Trinajstić information content (AvgIpc) is 2.66. The molecular formula is C11H10Cl2N2O2S2. The second kappa shape index (κ2) is 4.48. The van der Waals surface area contributed by atoms with Crippen LogP contribution < -0.4 is 10.2 Å². The lowest BCUT2D eigenvalue weighted by Crippen LogP contribution is -2.36. The summed E-state index contributed by atoms with van der Waals surface area (Å²) < 4.78 is 23.4. The predicted molar refractivity (Wildman–Crippen MR) is 80.9 cm³/mol. The van der Waals surface area contributed by atoms with Crippen LogP contribution in [0.1, 0.15) is 0 Å². The molecule has 2 aliphatic heterocycles. The van der Waals surface area contributed by atoms with Gasteiger partial charge in [0.2, 0.25) is 0 Å². The number of anilines is 1. The molecule has 0 spiro atoms. The van der Waals surface area contributed by atoms with Gasteiger partial charge in [0.05, 0.1) is 23.6 Å². The Labute approximate surface area is 126 Å². The first-order valence-corrected chi connectivity index (χ1v) is 8.60. The van der Waals surface area contributed by atoms with Crippen LogP contribution in [0.4, 0.5) is 5.69 Å². The molecule has 0 saturated carbocycles. The third-order valence-corrected chi connectivity index (χ3v) is 5.77. The summed E-state index contributed by atoms with van der Waals surface area (Å²) in [6, 6.07) is 4.74. The first kappa shape index (κ1) is 13.4. The van der Waals surface area contributed by atoms with Gasteiger partial charge in [-0.05, 0) is 30.4 Å². The smallest absolute Gasteiger partial charge is 0.174 e. The molecule has 102 valence electrons. The van der Waals surface area contributed by atoms with E-state index in [2.05, 4.69) is 5.32 Å². The van der Waals surface area contributed by atoms with Gasteiger partial charge in [-0.3, -0.25) is 0 Å². The molecule has 0 aromatic heterocycles. The summed E-state index contributed by atoms with van der Waals surface area (Å²) in [5, 5.41) is 4.56. The first-order chi connectivity index (χ1) is 8.85. The van der Waals surface area contributed by atoms with Gasteiger partial charge in [-0.15, -0.1) is 0 Å². The van der Waals surface area contributed by atoms with E-state index in [9.17, 15) is 8.42 Å². The Morgan fingerprint density at radius 2 is 1.84 bits per heavy atom. The van der Waals surface area contributed by atoms with Crippen molar-refractivity contribution in [3.05, 3.63) is 28.2 Å². The predicted octanol–water partition coefficient (Wildman–Crippen LogP) is 1.85. The fraction of sp³-hybridized carbons (Fsp3) is 0.364. The lowest BCUT2D eigenvalue weighted by Gasteiger charge is -2.23. The van der Waals surface area contributed by atoms with Gasteiger partial charge < -0.3 is 10.2 Å². The minimum atomic E-state index is -3.02. The molecule has 2 unspecified atom stereocenters. The van der Waals surface area contributed by atoms with E-state index in [4.69, 9.17) is 35.4 Å². The van der Waals surface area contributed by atoms with Crippen molar-refractivity contribution in [1.29, 1.82) is 0 Å². The Morgan fingerprint density at radius 1 is 1.21 bits per heavy atom. The molecule has 0 bridgehead atoms. The summed E-state index contributed by atoms with van der Waals surface area (Å²) in [7, 11) is -3.02. The maximum absolute atomic E-state index is 11.7. The van der Waals surface area contributed by atoms with Gasteiger partial charge in [-0.25, -0.2) is 8.42 Å². The number of nitrogens with zero attached hydrogens (tertiary/aromatic N) is 1. The third kappa shape index (κ3) is 2.42. The Balaban J connectivity index is 2.02. The van der Waals surface area contributed by atoms with Crippen LogP contribution in [0.25, 0.3) is 0 Å². The molecule has 2 saturated heterocycles. The number of thiocarbonyl (C=S) groups is 1. The van der Waals surface area contributed by atoms with Crippen molar-refractivity contribution in [3.8, 4) is 0 Å². The van der Waals surface area contributed by atoms with E-state index in [1.54, 1.807) is 23.1 Å². The fourth-order valence-electron chi connectivity index (χ4n) is 2.59. The van der Waals surface area contributed by atoms with Crippen LogP contribution >= 0.6 is 35.4 Å². The number of rotatable bonds is 1. The SMILES string of the molecule is O=S1(=O)CC2NC(=S)N(c3cc(Cl)cc(Cl)c3)C2C1. The molecule has 2 atom stereocenters. The second-order valence-electron chi connectivity index (χ2n) is 4.70. The van der Waals surface area contributed by atoms with Crippen LogP contribution in [-0.4, -0.2) is 37.1 Å². The number of hydrogen-bond donors (Lipinski definition) is 1. The fourth-order valence-corrected chi connectivity index (χ4v) is 5.38. The Kier molecular flexibility index (Phi) is 3.16. The summed E-state index contributed by atoms with van der Waals surface area (Å²) in [6.45, 7) is 0. The Bertz CT molecular complexity index is 642. The number of halogens is 2. The molecule has 19 heavy (non-hydrogen) atoms. The third-order valence-electron chi connectivity index (χ3n) is 3.31. The highest BCUT2D eigenvalue weighted by atomic mass is 35.5. The van der Waals surface area contributed by atoms with Crippen molar-refractivity contribution in [2.75, 3.05) is 16.4 Å². The van der Waals surface area contributed by atoms with Crippen LogP contribution in [0.3, 0.4) is 0 Å². The molecular weight excluding hydrogens is 327 g/mol. The summed E-state index contributed by atoms with van der Waals surface area (Å²) in [5.41, 5.74) is 0.722. The van der Waals surface area contributed by atoms with E-state index >= 15 is 0 Å². The normalized spacial score (nSPS) is 28.3. The van der Waals surface area contributed by atoms with Gasteiger partial charge in [0.15, 0.2) is 14.9 Å². The molecule has 0 aliphatic carbocycles. The highest BCUT2D eigenvalue weighted by Crippen LogP contribution is 2.33. The van der Waals surface area contributed by atoms with E-state index in [0.29, 0.717) is 15.2 Å². The monoisotopic (exact) mass is 336 g/mol. The second-order valence-corrected chi connectivity index (χ2v) is 8.11. The van der Waals surface area contributed by atoms with Crippen molar-refractivity contribution in [1.82, 2.24) is 5.32 Å². The van der Waals surface area contributed by atoms with E-state index in [0.717, 1.165) is 5.69 Å². The van der Waals surface area contributed by atoms with E-state index < -0.39 is 9.84 Å². The molecule has 1 aromatic rings. The van der Waals surface area contributed by atoms with Crippen molar-refractivity contribution in [2.45, 2.75) is 12.1 Å². The molecule has 0 radical (unpaired) electrons. The van der Waals surface area contributed by atoms with E-state index in [1.165, 1.54) is 0 Å². The van der Waals surface area contributed by atoms with Crippen molar-refractivity contribution >= 4 is 56.1 Å². The average molecular weight is 337 g/mol. The van der Waals surface area contributed by atoms with Crippen LogP contribution in [0.5, 0.6) is 0 Å². The molecule has 4 nitrogen and oxygen atoms in total. The maximum atomic E-state index is 11.7. The first-order valence-electron chi connectivity index (χ1n) is 5.62. The molecule has 1 N–H and O–H groups in total. The molecule has 1 aromatic carbocycles. The lowest BCUT2D eigenvalue weighted by atomic mass is 10.1. The number of sulfone groups is 1. The quantitative estimate of drug-likeness (QED) is 0.793. The molecule has 8 heteroatoms. The zero-order valence-corrected chi connectivity index (χ0v) is 12.8. The maximum Gasteiger partial charge on any atom is 0.174 e. The molecule has 2 fully saturated rings. The molecule has 2 heterocycles. The molecule has 0 amide bonds. The summed E-state index contributed by atoms with van der Waals surface area (Å²) >= 11 is 17.2. The van der Waals surface area contributed by atoms with E-state index in [1.807, 2.05) is 0 Å². The van der Waals surface area contributed by atoms with Gasteiger partial charge in [0.1, 0.15) is 0 Å². The number of hydrogen-bond acceptors (Lipinski definition) is 3. The van der Waals surface area contributed by atoms with Gasteiger partial charge >= 0.3 is 0 Å². The summed E-state index contributed by atoms with van der Waals surface area (Å²) in [5.74, 6) is 0.206. The van der Waals surface area contributed by atoms with Gasteiger partial charge in [-0.1, -0.05) is 23.2 Å². The van der Waals surface area contributed by atoms with Crippen molar-refractivity contribution in [2.24, 2.45) is 0 Å². The Hall–Kier alpha value is -0.560. The van der Waals surface area contributed by atoms with Crippen molar-refractivity contribution < 1.29 is 8.42 Å². The van der Waals surface area contributed by atoms with Crippen molar-refractivity contribution in [3.63, 3.8) is 0 Å². The number of fused-ring (bicyclic) bond motifs is 1. The highest BCUT2D eigenvalue weighted by Gasteiger charge is 2.47. The zero-order chi connectivity index (χ0) is 13.8.